The topological polar surface area (TPSA) is 116 Å². The minimum Gasteiger partial charge on any atom is -0.322 e. The Morgan fingerprint density at radius 1 is 0.971 bits per heavy atom. The molecule has 182 valence electrons. The molecule has 1 unspecified atom stereocenters. The van der Waals surface area contributed by atoms with E-state index in [0.717, 1.165) is 5.56 Å². The molecule has 0 spiro atoms. The smallest absolute Gasteiger partial charge is 0.322 e. The Kier molecular flexibility index (Phi) is 7.19. The molecular formula is C26H27N2O6P. The van der Waals surface area contributed by atoms with Gasteiger partial charge in [-0.3, -0.25) is 14.1 Å². The van der Waals surface area contributed by atoms with Gasteiger partial charge in [0.25, 0.3) is 11.8 Å². The summed E-state index contributed by atoms with van der Waals surface area (Å²) in [4.78, 5) is 46.5. The van der Waals surface area contributed by atoms with E-state index in [0.29, 0.717) is 53.0 Å². The number of phosphoric acid groups is 1. The number of para-hydroxylation sites is 1. The third kappa shape index (κ3) is 5.69. The van der Waals surface area contributed by atoms with E-state index in [-0.39, 0.29) is 11.8 Å². The highest BCUT2D eigenvalue weighted by molar-refractivity contribution is 7.46. The van der Waals surface area contributed by atoms with Crippen LogP contribution in [0.25, 0.3) is 0 Å². The van der Waals surface area contributed by atoms with Crippen molar-refractivity contribution in [2.24, 2.45) is 0 Å². The average Bonchev–Trinajstić information content (AvgIpc) is 2.97. The number of rotatable bonds is 5. The highest BCUT2D eigenvalue weighted by atomic mass is 31.2. The first kappa shape index (κ1) is 24.8. The van der Waals surface area contributed by atoms with Crippen LogP contribution in [0, 0.1) is 13.8 Å². The predicted molar refractivity (Wildman–Crippen MR) is 134 cm³/mol. The first-order valence-corrected chi connectivity index (χ1v) is 12.8. The van der Waals surface area contributed by atoms with Gasteiger partial charge in [0.15, 0.2) is 0 Å². The van der Waals surface area contributed by atoms with Gasteiger partial charge in [-0.15, -0.1) is 0 Å². The summed E-state index contributed by atoms with van der Waals surface area (Å²) in [5.74, 6) is -0.456. The number of phosphoric ester groups is 1. The summed E-state index contributed by atoms with van der Waals surface area (Å²) in [5, 5.41) is 2.88. The Labute approximate surface area is 203 Å². The third-order valence-corrected chi connectivity index (χ3v) is 6.57. The number of carbonyl (C=O) groups excluding carboxylic acids is 2. The Bertz CT molecular complexity index is 1320. The molecule has 1 atom stereocenters. The molecule has 0 fully saturated rings. The van der Waals surface area contributed by atoms with E-state index in [1.165, 1.54) is 0 Å². The van der Waals surface area contributed by atoms with Crippen molar-refractivity contribution in [2.75, 3.05) is 16.8 Å². The summed E-state index contributed by atoms with van der Waals surface area (Å²) in [6.07, 6.45) is 0.0636. The molecule has 9 heteroatoms. The van der Waals surface area contributed by atoms with Crippen LogP contribution in [0.15, 0.2) is 66.7 Å². The molecule has 2 amide bonds. The van der Waals surface area contributed by atoms with E-state index in [9.17, 15) is 23.9 Å². The highest BCUT2D eigenvalue weighted by Gasteiger charge is 2.31. The van der Waals surface area contributed by atoms with Crippen LogP contribution in [-0.2, 0) is 9.09 Å². The molecule has 1 aliphatic heterocycles. The zero-order valence-electron chi connectivity index (χ0n) is 19.5. The van der Waals surface area contributed by atoms with Crippen LogP contribution in [0.3, 0.4) is 0 Å². The summed E-state index contributed by atoms with van der Waals surface area (Å²) < 4.78 is 16.5. The highest BCUT2D eigenvalue weighted by Crippen LogP contribution is 2.47. The van der Waals surface area contributed by atoms with Crippen molar-refractivity contribution in [3.8, 4) is 0 Å². The van der Waals surface area contributed by atoms with E-state index < -0.39 is 13.9 Å². The number of nitrogens with zero attached hydrogens (tertiary/aromatic N) is 1. The summed E-state index contributed by atoms with van der Waals surface area (Å²) in [5.41, 5.74) is 4.32. The molecule has 1 heterocycles. The lowest BCUT2D eigenvalue weighted by atomic mass is 10.0. The maximum absolute atomic E-state index is 13.6. The second-order valence-electron chi connectivity index (χ2n) is 8.54. The van der Waals surface area contributed by atoms with Gasteiger partial charge < -0.3 is 20.0 Å². The van der Waals surface area contributed by atoms with Crippen molar-refractivity contribution in [3.05, 3.63) is 94.5 Å². The second kappa shape index (κ2) is 10.1. The maximum atomic E-state index is 13.6. The SMILES string of the molecule is Cc1ccccc1C(=O)Nc1ccc(C(=O)N2CCCC(OP(=O)(O)O)c3ccccc32)c(C)c1. The number of hydrogen-bond acceptors (Lipinski definition) is 4. The van der Waals surface area contributed by atoms with E-state index in [1.807, 2.05) is 25.1 Å². The van der Waals surface area contributed by atoms with Crippen molar-refractivity contribution < 1.29 is 28.5 Å². The largest absolute Gasteiger partial charge is 0.470 e. The van der Waals surface area contributed by atoms with Crippen molar-refractivity contribution in [1.29, 1.82) is 0 Å². The number of aryl methyl sites for hydroxylation is 2. The number of fused-ring (bicyclic) bond motifs is 1. The number of benzene rings is 3. The van der Waals surface area contributed by atoms with Crippen LogP contribution in [0.4, 0.5) is 11.4 Å². The van der Waals surface area contributed by atoms with Crippen molar-refractivity contribution in [2.45, 2.75) is 32.8 Å². The summed E-state index contributed by atoms with van der Waals surface area (Å²) in [6, 6.07) is 19.4. The second-order valence-corrected chi connectivity index (χ2v) is 9.73. The molecule has 0 bridgehead atoms. The van der Waals surface area contributed by atoms with Gasteiger partial charge in [-0.05, 0) is 68.1 Å². The molecule has 3 aromatic carbocycles. The van der Waals surface area contributed by atoms with Gasteiger partial charge in [0.1, 0.15) is 0 Å². The summed E-state index contributed by atoms with van der Waals surface area (Å²) in [7, 11) is -4.70. The maximum Gasteiger partial charge on any atom is 0.470 e. The van der Waals surface area contributed by atoms with Gasteiger partial charge >= 0.3 is 7.82 Å². The van der Waals surface area contributed by atoms with E-state index in [1.54, 1.807) is 60.4 Å². The molecule has 0 saturated heterocycles. The molecule has 8 nitrogen and oxygen atoms in total. The van der Waals surface area contributed by atoms with Gasteiger partial charge in [-0.2, -0.15) is 0 Å². The van der Waals surface area contributed by atoms with Gasteiger partial charge in [0, 0.05) is 34.6 Å². The first-order chi connectivity index (χ1) is 16.6. The lowest BCUT2D eigenvalue weighted by molar-refractivity contribution is 0.0984. The normalized spacial score (nSPS) is 15.8. The van der Waals surface area contributed by atoms with Gasteiger partial charge in [0.05, 0.1) is 6.10 Å². The van der Waals surface area contributed by atoms with Crippen LogP contribution in [-0.4, -0.2) is 28.1 Å². The Morgan fingerprint density at radius 3 is 2.40 bits per heavy atom. The average molecular weight is 494 g/mol. The van der Waals surface area contributed by atoms with Crippen molar-refractivity contribution in [3.63, 3.8) is 0 Å². The summed E-state index contributed by atoms with van der Waals surface area (Å²) in [6.45, 7) is 4.05. The van der Waals surface area contributed by atoms with Gasteiger partial charge in [-0.25, -0.2) is 4.57 Å². The summed E-state index contributed by atoms with van der Waals surface area (Å²) >= 11 is 0. The minimum atomic E-state index is -4.70. The zero-order valence-corrected chi connectivity index (χ0v) is 20.4. The first-order valence-electron chi connectivity index (χ1n) is 11.3. The van der Waals surface area contributed by atoms with E-state index in [2.05, 4.69) is 5.32 Å². The standard InChI is InChI=1S/C26H27N2O6P/c1-17-8-3-4-9-20(17)25(29)27-19-13-14-21(18(2)16-19)26(30)28-15-7-12-24(34-35(31,32)33)22-10-5-6-11-23(22)28/h3-6,8-11,13-14,16,24H,7,12,15H2,1-2H3,(H,27,29)(H2,31,32,33). The van der Waals surface area contributed by atoms with Crippen LogP contribution >= 0.6 is 7.82 Å². The Hall–Kier alpha value is -3.29. The fourth-order valence-electron chi connectivity index (χ4n) is 4.36. The molecule has 35 heavy (non-hydrogen) atoms. The van der Waals surface area contributed by atoms with Crippen LogP contribution in [0.2, 0.25) is 0 Å². The molecule has 0 saturated carbocycles. The van der Waals surface area contributed by atoms with Crippen LogP contribution < -0.4 is 10.2 Å². The molecule has 4 rings (SSSR count). The Balaban J connectivity index is 1.59. The Morgan fingerprint density at radius 2 is 1.69 bits per heavy atom. The van der Waals surface area contributed by atoms with E-state index in [4.69, 9.17) is 4.52 Å². The molecule has 0 aliphatic carbocycles. The number of amides is 2. The molecule has 1 aliphatic rings. The lowest BCUT2D eigenvalue weighted by Gasteiger charge is -2.25. The van der Waals surface area contributed by atoms with Gasteiger partial charge in [0.2, 0.25) is 0 Å². The molecule has 3 N–H and O–H groups in total. The van der Waals surface area contributed by atoms with E-state index >= 15 is 0 Å². The minimum absolute atomic E-state index is 0.223. The fraction of sp³-hybridized carbons (Fsp3) is 0.231. The number of anilines is 2. The lowest BCUT2D eigenvalue weighted by Crippen LogP contribution is -2.32. The monoisotopic (exact) mass is 494 g/mol. The predicted octanol–water partition coefficient (Wildman–Crippen LogP) is 5.15. The number of nitrogens with one attached hydrogen (secondary N) is 1. The third-order valence-electron chi connectivity index (χ3n) is 6.04. The fourth-order valence-corrected chi connectivity index (χ4v) is 4.91. The van der Waals surface area contributed by atoms with Gasteiger partial charge in [-0.1, -0.05) is 36.4 Å². The quantitative estimate of drug-likeness (QED) is 0.423. The zero-order chi connectivity index (χ0) is 25.2. The molecule has 0 aromatic heterocycles. The molecule has 0 radical (unpaired) electrons. The molecular weight excluding hydrogens is 467 g/mol. The number of carbonyl (C=O) groups is 2. The van der Waals surface area contributed by atoms with Crippen molar-refractivity contribution >= 4 is 31.0 Å². The van der Waals surface area contributed by atoms with Crippen molar-refractivity contribution in [1.82, 2.24) is 0 Å². The molecule has 3 aromatic rings. The van der Waals surface area contributed by atoms with Crippen LogP contribution in [0.5, 0.6) is 0 Å². The van der Waals surface area contributed by atoms with Crippen LogP contribution in [0.1, 0.15) is 56.4 Å². The number of hydrogen-bond donors (Lipinski definition) is 3.